The van der Waals surface area contributed by atoms with E-state index in [2.05, 4.69) is 26.2 Å². The van der Waals surface area contributed by atoms with Gasteiger partial charge in [-0.1, -0.05) is 20.8 Å². The number of esters is 2. The molecule has 232 valence electrons. The lowest BCUT2D eigenvalue weighted by atomic mass is 9.44. The van der Waals surface area contributed by atoms with Crippen LogP contribution in [0, 0.1) is 40.4 Å². The molecule has 0 bridgehead atoms. The number of piperidine rings is 1. The maximum atomic E-state index is 12.9. The SMILES string of the molecule is CCC(=O)O[C@H]1[C@@H]([N+]2(C)CCCCC2)C[C@H]2[C@@H]3CC[C@H]4C[C@H](OC(C)=O)[C@@H](C5CNCCO5)C[C@]4(C)[C@H]3CC[C@@]21C. The fourth-order valence-corrected chi connectivity index (χ4v) is 11.5. The Balaban J connectivity index is 1.29. The lowest BCUT2D eigenvalue weighted by molar-refractivity contribution is -0.940. The zero-order valence-corrected chi connectivity index (χ0v) is 26.5. The second kappa shape index (κ2) is 11.4. The number of likely N-dealkylation sites (N-methyl/N-ethyl adjacent to an activating group) is 1. The first kappa shape index (κ1) is 29.9. The average molecular weight is 574 g/mol. The van der Waals surface area contributed by atoms with Crippen LogP contribution >= 0.6 is 0 Å². The van der Waals surface area contributed by atoms with Crippen molar-refractivity contribution in [2.24, 2.45) is 40.4 Å². The van der Waals surface area contributed by atoms with Crippen molar-refractivity contribution >= 4 is 11.9 Å². The summed E-state index contributed by atoms with van der Waals surface area (Å²) < 4.78 is 19.9. The Bertz CT molecular complexity index is 976. The largest absolute Gasteiger partial charge is 0.462 e. The molecule has 7 nitrogen and oxygen atoms in total. The van der Waals surface area contributed by atoms with Crippen LogP contribution in [-0.4, -0.2) is 80.6 Å². The van der Waals surface area contributed by atoms with Gasteiger partial charge >= 0.3 is 11.9 Å². The third kappa shape index (κ3) is 5.18. The summed E-state index contributed by atoms with van der Waals surface area (Å²) in [5.41, 5.74) is 0.285. The van der Waals surface area contributed by atoms with Crippen LogP contribution in [0.4, 0.5) is 0 Å². The van der Waals surface area contributed by atoms with Crippen molar-refractivity contribution < 1.29 is 28.3 Å². The summed E-state index contributed by atoms with van der Waals surface area (Å²) in [6.45, 7) is 13.5. The Morgan fingerprint density at radius 1 is 0.976 bits per heavy atom. The highest BCUT2D eigenvalue weighted by molar-refractivity contribution is 5.69. The molecule has 1 N–H and O–H groups in total. The van der Waals surface area contributed by atoms with E-state index in [1.54, 1.807) is 6.92 Å². The molecule has 0 aromatic heterocycles. The van der Waals surface area contributed by atoms with Crippen molar-refractivity contribution in [3.63, 3.8) is 0 Å². The van der Waals surface area contributed by atoms with Gasteiger partial charge in [0.15, 0.2) is 6.10 Å². The number of nitrogens with zero attached hydrogens (tertiary/aromatic N) is 1. The molecule has 1 unspecified atom stereocenters. The number of fused-ring (bicyclic) bond motifs is 5. The van der Waals surface area contributed by atoms with Gasteiger partial charge in [0, 0.05) is 44.2 Å². The van der Waals surface area contributed by atoms with Gasteiger partial charge in [0.2, 0.25) is 0 Å². The van der Waals surface area contributed by atoms with E-state index in [9.17, 15) is 9.59 Å². The maximum Gasteiger partial charge on any atom is 0.306 e. The number of carbonyl (C=O) groups excluding carboxylic acids is 2. The molecule has 2 heterocycles. The van der Waals surface area contributed by atoms with Gasteiger partial charge in [-0.15, -0.1) is 0 Å². The van der Waals surface area contributed by atoms with Crippen molar-refractivity contribution in [2.45, 2.75) is 123 Å². The number of quaternary nitrogens is 1. The Hall–Kier alpha value is -1.18. The third-order valence-electron chi connectivity index (χ3n) is 13.6. The first-order valence-corrected chi connectivity index (χ1v) is 17.1. The fourth-order valence-electron chi connectivity index (χ4n) is 11.5. The first-order chi connectivity index (χ1) is 19.6. The van der Waals surface area contributed by atoms with E-state index in [4.69, 9.17) is 14.2 Å². The van der Waals surface area contributed by atoms with Crippen LogP contribution in [0.2, 0.25) is 0 Å². The molecular weight excluding hydrogens is 516 g/mol. The van der Waals surface area contributed by atoms with E-state index in [-0.39, 0.29) is 47.0 Å². The highest BCUT2D eigenvalue weighted by atomic mass is 16.6. The zero-order chi connectivity index (χ0) is 29.0. The molecule has 0 radical (unpaired) electrons. The highest BCUT2D eigenvalue weighted by Crippen LogP contribution is 2.68. The summed E-state index contributed by atoms with van der Waals surface area (Å²) in [6.07, 6.45) is 12.6. The van der Waals surface area contributed by atoms with E-state index in [0.29, 0.717) is 36.1 Å². The number of morpholine rings is 1. The van der Waals surface area contributed by atoms with Gasteiger partial charge in [-0.2, -0.15) is 0 Å². The molecule has 4 aliphatic carbocycles. The molecule has 4 saturated carbocycles. The van der Waals surface area contributed by atoms with Crippen molar-refractivity contribution in [1.82, 2.24) is 5.32 Å². The van der Waals surface area contributed by atoms with Crippen LogP contribution in [0.3, 0.4) is 0 Å². The van der Waals surface area contributed by atoms with E-state index in [1.165, 1.54) is 58.0 Å². The Morgan fingerprint density at radius 3 is 2.44 bits per heavy atom. The van der Waals surface area contributed by atoms with E-state index < -0.39 is 0 Å². The quantitative estimate of drug-likeness (QED) is 0.364. The van der Waals surface area contributed by atoms with Crippen LogP contribution < -0.4 is 5.32 Å². The lowest BCUT2D eigenvalue weighted by Gasteiger charge is -2.62. The number of ether oxygens (including phenoxy) is 3. The molecule has 6 aliphatic rings. The lowest BCUT2D eigenvalue weighted by Crippen LogP contribution is -2.61. The normalized spacial score (nSPS) is 47.4. The standard InChI is InChI=1S/C34H57N2O5/c1-6-31(38)41-32-28(36(5)15-8-7-9-16-36)19-27-24-11-10-23-18-29(40-22(2)37)25(30-21-35-14-17-39-30)20-34(23,4)26(24)12-13-33(27,32)3/h23-30,32,35H,6-21H2,1-5H3/q+1/t23-,24+,25-,26-,27-,28-,29-,30?,32-,33-,34-/m0/s1. The molecule has 0 spiro atoms. The molecular formula is C34H57N2O5+. The molecule has 0 aromatic rings. The van der Waals surface area contributed by atoms with Crippen molar-refractivity contribution in [1.29, 1.82) is 0 Å². The number of carbonyl (C=O) groups is 2. The van der Waals surface area contributed by atoms with Gasteiger partial charge in [-0.3, -0.25) is 9.59 Å². The highest BCUT2D eigenvalue weighted by Gasteiger charge is 2.67. The maximum absolute atomic E-state index is 12.9. The topological polar surface area (TPSA) is 73.9 Å². The summed E-state index contributed by atoms with van der Waals surface area (Å²) in [7, 11) is 2.46. The summed E-state index contributed by atoms with van der Waals surface area (Å²) in [5, 5.41) is 3.54. The van der Waals surface area contributed by atoms with Crippen molar-refractivity contribution in [3.05, 3.63) is 0 Å². The molecule has 6 fully saturated rings. The predicted octanol–water partition coefficient (Wildman–Crippen LogP) is 5.11. The predicted molar refractivity (Wildman–Crippen MR) is 158 cm³/mol. The van der Waals surface area contributed by atoms with Gasteiger partial charge in [0.1, 0.15) is 12.1 Å². The second-order valence-corrected chi connectivity index (χ2v) is 15.6. The molecule has 0 amide bonds. The smallest absolute Gasteiger partial charge is 0.306 e. The summed E-state index contributed by atoms with van der Waals surface area (Å²) >= 11 is 0. The van der Waals surface area contributed by atoms with Crippen LogP contribution in [0.15, 0.2) is 0 Å². The van der Waals surface area contributed by atoms with Crippen LogP contribution in [0.25, 0.3) is 0 Å². The molecule has 0 aromatic carbocycles. The van der Waals surface area contributed by atoms with Gasteiger partial charge in [0.25, 0.3) is 0 Å². The summed E-state index contributed by atoms with van der Waals surface area (Å²) in [6, 6.07) is 0.416. The van der Waals surface area contributed by atoms with Gasteiger partial charge in [-0.05, 0) is 86.9 Å². The van der Waals surface area contributed by atoms with E-state index >= 15 is 0 Å². The summed E-state index contributed by atoms with van der Waals surface area (Å²) in [5.74, 6) is 2.60. The van der Waals surface area contributed by atoms with Crippen molar-refractivity contribution in [2.75, 3.05) is 39.8 Å². The second-order valence-electron chi connectivity index (χ2n) is 15.6. The van der Waals surface area contributed by atoms with Crippen LogP contribution in [0.1, 0.15) is 98.3 Å². The first-order valence-electron chi connectivity index (χ1n) is 17.1. The number of hydrogen-bond acceptors (Lipinski definition) is 6. The Kier molecular flexibility index (Phi) is 8.30. The molecule has 7 heteroatoms. The van der Waals surface area contributed by atoms with Crippen LogP contribution in [-0.2, 0) is 23.8 Å². The van der Waals surface area contributed by atoms with Gasteiger partial charge in [-0.25, -0.2) is 0 Å². The fraction of sp³-hybridized carbons (Fsp3) is 0.941. The monoisotopic (exact) mass is 573 g/mol. The third-order valence-corrected chi connectivity index (χ3v) is 13.6. The Labute approximate surface area is 248 Å². The molecule has 11 atom stereocenters. The van der Waals surface area contributed by atoms with Gasteiger partial charge < -0.3 is 24.0 Å². The molecule has 2 saturated heterocycles. The minimum absolute atomic E-state index is 0.0176. The summed E-state index contributed by atoms with van der Waals surface area (Å²) in [4.78, 5) is 25.0. The Morgan fingerprint density at radius 2 is 1.76 bits per heavy atom. The van der Waals surface area contributed by atoms with Crippen LogP contribution in [0.5, 0.6) is 0 Å². The minimum atomic E-state index is -0.159. The number of nitrogens with one attached hydrogen (secondary N) is 1. The zero-order valence-electron chi connectivity index (χ0n) is 26.5. The molecule has 6 rings (SSSR count). The average Bonchev–Trinajstić information content (AvgIpc) is 3.26. The number of rotatable bonds is 5. The van der Waals surface area contributed by atoms with E-state index in [0.717, 1.165) is 43.4 Å². The van der Waals surface area contributed by atoms with E-state index in [1.807, 2.05) is 6.92 Å². The van der Waals surface area contributed by atoms with Gasteiger partial charge in [0.05, 0.1) is 32.8 Å². The molecule has 2 aliphatic heterocycles. The van der Waals surface area contributed by atoms with Crippen molar-refractivity contribution in [3.8, 4) is 0 Å². The molecule has 41 heavy (non-hydrogen) atoms. The number of likely N-dealkylation sites (tertiary alicyclic amines) is 1. The number of hydrogen-bond donors (Lipinski definition) is 1. The minimum Gasteiger partial charge on any atom is -0.462 e.